The number of ether oxygens (including phenoxy) is 1. The van der Waals surface area contributed by atoms with Crippen molar-refractivity contribution in [3.05, 3.63) is 54.1 Å². The molecule has 0 atom stereocenters. The molecule has 4 rings (SSSR count). The Hall–Kier alpha value is -2.83. The van der Waals surface area contributed by atoms with Gasteiger partial charge in [0.25, 0.3) is 0 Å². The lowest BCUT2D eigenvalue weighted by atomic mass is 9.67. The van der Waals surface area contributed by atoms with Gasteiger partial charge in [0.1, 0.15) is 17.5 Å². The first-order valence-electron chi connectivity index (χ1n) is 11.4. The van der Waals surface area contributed by atoms with Crippen LogP contribution in [0.5, 0.6) is 5.75 Å². The van der Waals surface area contributed by atoms with Crippen LogP contribution in [-0.2, 0) is 16.0 Å². The molecule has 1 aliphatic carbocycles. The quantitative estimate of drug-likeness (QED) is 0.518. The van der Waals surface area contributed by atoms with Crippen molar-refractivity contribution in [2.45, 2.75) is 44.7 Å². The summed E-state index contributed by atoms with van der Waals surface area (Å²) in [5.41, 5.74) is 0.924. The molecule has 2 fully saturated rings. The first-order chi connectivity index (χ1) is 15.8. The van der Waals surface area contributed by atoms with E-state index in [1.807, 2.05) is 48.5 Å². The molecule has 1 amide bonds. The number of rotatable bonds is 7. The van der Waals surface area contributed by atoms with Gasteiger partial charge in [-0.15, -0.1) is 0 Å². The van der Waals surface area contributed by atoms with Gasteiger partial charge >= 0.3 is 6.18 Å². The molecule has 0 unspecified atom stereocenters. The molecule has 0 N–H and O–H groups in total. The van der Waals surface area contributed by atoms with E-state index in [4.69, 9.17) is 4.74 Å². The first kappa shape index (κ1) is 23.3. The highest BCUT2D eigenvalue weighted by Crippen LogP contribution is 2.54. The molecule has 1 heterocycles. The number of likely N-dealkylation sites (tertiary alicyclic amines) is 1. The summed E-state index contributed by atoms with van der Waals surface area (Å²) < 4.78 is 46.3. The lowest BCUT2D eigenvalue weighted by Gasteiger charge is -2.45. The Morgan fingerprint density at radius 1 is 1.00 bits per heavy atom. The van der Waals surface area contributed by atoms with Crippen LogP contribution in [0.3, 0.4) is 0 Å². The van der Waals surface area contributed by atoms with Crippen molar-refractivity contribution in [3.63, 3.8) is 0 Å². The molecule has 1 aliphatic heterocycles. The van der Waals surface area contributed by atoms with Gasteiger partial charge < -0.3 is 14.4 Å². The zero-order valence-corrected chi connectivity index (χ0v) is 18.4. The van der Waals surface area contributed by atoms with Crippen LogP contribution in [0.1, 0.15) is 37.7 Å². The second-order valence-corrected chi connectivity index (χ2v) is 9.07. The Balaban J connectivity index is 1.26. The van der Waals surface area contributed by atoms with E-state index in [-0.39, 0.29) is 18.8 Å². The fourth-order valence-electron chi connectivity index (χ4n) is 4.64. The fraction of sp³-hybridized carbons (Fsp3) is 0.462. The van der Waals surface area contributed by atoms with Crippen molar-refractivity contribution in [1.82, 2.24) is 4.90 Å². The van der Waals surface area contributed by atoms with Gasteiger partial charge in [0.2, 0.25) is 5.91 Å². The molecule has 2 aromatic carbocycles. The normalized spacial score (nSPS) is 18.5. The molecule has 0 radical (unpaired) electrons. The molecule has 1 saturated heterocycles. The molecule has 2 aliphatic rings. The van der Waals surface area contributed by atoms with Crippen LogP contribution in [-0.4, -0.2) is 43.0 Å². The molecule has 0 bridgehead atoms. The van der Waals surface area contributed by atoms with Crippen molar-refractivity contribution in [2.24, 2.45) is 11.3 Å². The summed E-state index contributed by atoms with van der Waals surface area (Å²) in [5.74, 6) is 0.207. The molecular weight excluding hydrogens is 431 g/mol. The maximum absolute atomic E-state index is 13.5. The molecule has 7 heteroatoms. The van der Waals surface area contributed by atoms with E-state index in [0.29, 0.717) is 45.4 Å². The second-order valence-electron chi connectivity index (χ2n) is 9.07. The number of hydrogen-bond donors (Lipinski definition) is 0. The smallest absolute Gasteiger partial charge is 0.403 e. The van der Waals surface area contributed by atoms with Crippen molar-refractivity contribution >= 4 is 12.2 Å². The summed E-state index contributed by atoms with van der Waals surface area (Å²) >= 11 is 0. The lowest BCUT2D eigenvalue weighted by Crippen LogP contribution is -2.57. The predicted octanol–water partition coefficient (Wildman–Crippen LogP) is 5.45. The highest BCUT2D eigenvalue weighted by atomic mass is 19.4. The van der Waals surface area contributed by atoms with Crippen LogP contribution in [0.4, 0.5) is 13.2 Å². The number of carbonyl (C=O) groups excluding carboxylic acids is 2. The number of piperidine rings is 1. The fourth-order valence-corrected chi connectivity index (χ4v) is 4.64. The van der Waals surface area contributed by atoms with E-state index in [9.17, 15) is 22.8 Å². The van der Waals surface area contributed by atoms with Crippen molar-refractivity contribution in [1.29, 1.82) is 0 Å². The number of amides is 1. The third kappa shape index (κ3) is 4.92. The summed E-state index contributed by atoms with van der Waals surface area (Å²) in [4.78, 5) is 24.6. The predicted molar refractivity (Wildman–Crippen MR) is 119 cm³/mol. The number of carbonyl (C=O) groups is 2. The minimum absolute atomic E-state index is 0.0861. The van der Waals surface area contributed by atoms with Gasteiger partial charge in [0.15, 0.2) is 0 Å². The molecule has 0 aromatic heterocycles. The van der Waals surface area contributed by atoms with Crippen LogP contribution in [0.25, 0.3) is 11.1 Å². The summed E-state index contributed by atoms with van der Waals surface area (Å²) in [7, 11) is 0. The molecule has 4 nitrogen and oxygen atoms in total. The van der Waals surface area contributed by atoms with Crippen LogP contribution < -0.4 is 4.74 Å². The minimum Gasteiger partial charge on any atom is -0.493 e. The van der Waals surface area contributed by atoms with Crippen LogP contribution in [0.15, 0.2) is 48.5 Å². The van der Waals surface area contributed by atoms with Crippen molar-refractivity contribution in [2.75, 3.05) is 19.7 Å². The van der Waals surface area contributed by atoms with Crippen LogP contribution in [0.2, 0.25) is 0 Å². The number of nitrogens with zero attached hydrogens (tertiary/aromatic N) is 1. The number of aldehydes is 1. The van der Waals surface area contributed by atoms with Gasteiger partial charge in [-0.25, -0.2) is 0 Å². The second kappa shape index (κ2) is 9.57. The van der Waals surface area contributed by atoms with E-state index in [2.05, 4.69) is 0 Å². The summed E-state index contributed by atoms with van der Waals surface area (Å²) in [6.07, 6.45) is -1.60. The average Bonchev–Trinajstić information content (AvgIpc) is 2.77. The standard InChI is InChI=1S/C26H28F3NO3/c27-26(28,29)25(13-1-14-25)24(32)30-15-10-20(11-16-30)18-33-23-8-6-22(7-9-23)21-4-2-19(3-5-21)12-17-31/h2-9,17,20H,1,10-16,18H2. The van der Waals surface area contributed by atoms with E-state index in [1.165, 1.54) is 4.90 Å². The number of halogens is 3. The summed E-state index contributed by atoms with van der Waals surface area (Å²) in [5, 5.41) is 0. The van der Waals surface area contributed by atoms with E-state index < -0.39 is 17.5 Å². The Labute approximate surface area is 191 Å². The monoisotopic (exact) mass is 459 g/mol. The maximum atomic E-state index is 13.5. The third-order valence-electron chi connectivity index (χ3n) is 7.01. The average molecular weight is 460 g/mol. The summed E-state index contributed by atoms with van der Waals surface area (Å²) in [6.45, 7) is 1.18. The first-order valence-corrected chi connectivity index (χ1v) is 11.4. The Kier molecular flexibility index (Phi) is 6.77. The van der Waals surface area contributed by atoms with Gasteiger partial charge in [0, 0.05) is 19.5 Å². The Morgan fingerprint density at radius 3 is 2.06 bits per heavy atom. The Morgan fingerprint density at radius 2 is 1.58 bits per heavy atom. The van der Waals surface area contributed by atoms with Crippen molar-refractivity contribution < 1.29 is 27.5 Å². The lowest BCUT2D eigenvalue weighted by molar-refractivity contribution is -0.249. The SMILES string of the molecule is O=CCc1ccc(-c2ccc(OCC3CCN(C(=O)C4(C(F)(F)F)CCC4)CC3)cc2)cc1. The highest BCUT2D eigenvalue weighted by Gasteiger charge is 2.64. The van der Waals surface area contributed by atoms with Gasteiger partial charge in [-0.05, 0) is 60.4 Å². The minimum atomic E-state index is -4.47. The van der Waals surface area contributed by atoms with Gasteiger partial charge in [-0.2, -0.15) is 13.2 Å². The molecular formula is C26H28F3NO3. The van der Waals surface area contributed by atoms with Gasteiger partial charge in [-0.1, -0.05) is 42.8 Å². The van der Waals surface area contributed by atoms with Gasteiger partial charge in [0.05, 0.1) is 6.61 Å². The molecule has 0 spiro atoms. The zero-order valence-electron chi connectivity index (χ0n) is 18.4. The number of benzene rings is 2. The number of hydrogen-bond acceptors (Lipinski definition) is 3. The summed E-state index contributed by atoms with van der Waals surface area (Å²) in [6, 6.07) is 15.6. The van der Waals surface area contributed by atoms with Gasteiger partial charge in [-0.3, -0.25) is 4.79 Å². The maximum Gasteiger partial charge on any atom is 0.403 e. The molecule has 2 aromatic rings. The topological polar surface area (TPSA) is 46.6 Å². The van der Waals surface area contributed by atoms with Crippen molar-refractivity contribution in [3.8, 4) is 16.9 Å². The molecule has 33 heavy (non-hydrogen) atoms. The largest absolute Gasteiger partial charge is 0.493 e. The van der Waals surface area contributed by atoms with E-state index in [1.54, 1.807) is 0 Å². The highest BCUT2D eigenvalue weighted by molar-refractivity contribution is 5.84. The molecule has 1 saturated carbocycles. The number of alkyl halides is 3. The van der Waals surface area contributed by atoms with E-state index in [0.717, 1.165) is 28.7 Å². The van der Waals surface area contributed by atoms with Crippen LogP contribution >= 0.6 is 0 Å². The third-order valence-corrected chi connectivity index (χ3v) is 7.01. The van der Waals surface area contributed by atoms with E-state index >= 15 is 0 Å². The Bertz CT molecular complexity index is 958. The van der Waals surface area contributed by atoms with Crippen LogP contribution in [0, 0.1) is 11.3 Å². The molecule has 176 valence electrons. The zero-order chi connectivity index (χ0) is 23.5.